The van der Waals surface area contributed by atoms with Crippen LogP contribution in [0.2, 0.25) is 0 Å². The number of rotatable bonds is 5. The Morgan fingerprint density at radius 3 is 2.78 bits per heavy atom. The van der Waals surface area contributed by atoms with E-state index in [1.165, 1.54) is 0 Å². The van der Waals surface area contributed by atoms with Crippen LogP contribution in [0, 0.1) is 0 Å². The van der Waals surface area contributed by atoms with Crippen LogP contribution in [-0.4, -0.2) is 6.54 Å². The van der Waals surface area contributed by atoms with Gasteiger partial charge in [-0.2, -0.15) is 0 Å². The number of nitrogens with one attached hydrogen (secondary N) is 1. The Bertz CT molecular complexity index is 94.7. The molecular weight excluding hydrogens is 110 g/mol. The minimum absolute atomic E-state index is 1.02. The number of unbranched alkanes of at least 4 members (excludes halogenated alkanes) is 1. The minimum atomic E-state index is 1.02. The fourth-order valence-corrected chi connectivity index (χ4v) is 0.548. The summed E-state index contributed by atoms with van der Waals surface area (Å²) in [7, 11) is 0. The first-order valence-electron chi connectivity index (χ1n) is 3.27. The summed E-state index contributed by atoms with van der Waals surface area (Å²) in [5.41, 5.74) is 1.04. The van der Waals surface area contributed by atoms with Crippen LogP contribution in [0.1, 0.15) is 19.8 Å². The average Bonchev–Trinajstić information content (AvgIpc) is 1.80. The standard InChI is InChI=1S/C8H15N/c1-4-5-6-7-9-8(2)3/h4,9H,1-2,5-7H2,3H3. The van der Waals surface area contributed by atoms with Gasteiger partial charge in [-0.15, -0.1) is 6.58 Å². The Kier molecular flexibility index (Phi) is 4.98. The molecule has 0 heterocycles. The highest BCUT2D eigenvalue weighted by molar-refractivity contribution is 4.84. The lowest BCUT2D eigenvalue weighted by atomic mass is 10.3. The molecule has 0 rings (SSSR count). The van der Waals surface area contributed by atoms with E-state index in [-0.39, 0.29) is 0 Å². The molecule has 0 saturated heterocycles. The topological polar surface area (TPSA) is 12.0 Å². The smallest absolute Gasteiger partial charge is 0.0146 e. The molecule has 0 aromatic heterocycles. The molecule has 1 heteroatoms. The van der Waals surface area contributed by atoms with Crippen molar-refractivity contribution >= 4 is 0 Å². The van der Waals surface area contributed by atoms with E-state index in [1.54, 1.807) is 0 Å². The zero-order chi connectivity index (χ0) is 7.11. The van der Waals surface area contributed by atoms with Gasteiger partial charge in [0, 0.05) is 12.2 Å². The van der Waals surface area contributed by atoms with E-state index in [0.29, 0.717) is 0 Å². The van der Waals surface area contributed by atoms with Gasteiger partial charge in [0.15, 0.2) is 0 Å². The van der Waals surface area contributed by atoms with E-state index >= 15 is 0 Å². The molecule has 1 N–H and O–H groups in total. The number of allylic oxidation sites excluding steroid dienone is 2. The average molecular weight is 125 g/mol. The number of hydrogen-bond acceptors (Lipinski definition) is 1. The predicted molar refractivity (Wildman–Crippen MR) is 42.2 cm³/mol. The van der Waals surface area contributed by atoms with Crippen molar-refractivity contribution in [3.05, 3.63) is 24.9 Å². The third kappa shape index (κ3) is 7.28. The third-order valence-electron chi connectivity index (χ3n) is 1.01. The van der Waals surface area contributed by atoms with Crippen LogP contribution < -0.4 is 5.32 Å². The van der Waals surface area contributed by atoms with Crippen molar-refractivity contribution < 1.29 is 0 Å². The summed E-state index contributed by atoms with van der Waals surface area (Å²) in [6.45, 7) is 10.3. The van der Waals surface area contributed by atoms with Gasteiger partial charge < -0.3 is 5.32 Å². The molecule has 0 spiro atoms. The Balaban J connectivity index is 2.91. The maximum atomic E-state index is 3.72. The normalized spacial score (nSPS) is 8.56. The molecule has 0 aromatic carbocycles. The largest absolute Gasteiger partial charge is 0.389 e. The van der Waals surface area contributed by atoms with Crippen LogP contribution >= 0.6 is 0 Å². The maximum absolute atomic E-state index is 3.72. The number of hydrogen-bond donors (Lipinski definition) is 1. The van der Waals surface area contributed by atoms with Gasteiger partial charge in [-0.05, 0) is 19.8 Å². The summed E-state index contributed by atoms with van der Waals surface area (Å²) in [5.74, 6) is 0. The summed E-state index contributed by atoms with van der Waals surface area (Å²) in [4.78, 5) is 0. The molecule has 0 atom stereocenters. The molecule has 52 valence electrons. The highest BCUT2D eigenvalue weighted by atomic mass is 14.9. The summed E-state index contributed by atoms with van der Waals surface area (Å²) >= 11 is 0. The molecule has 0 bridgehead atoms. The monoisotopic (exact) mass is 125 g/mol. The first-order chi connectivity index (χ1) is 4.27. The zero-order valence-electron chi connectivity index (χ0n) is 6.11. The van der Waals surface area contributed by atoms with Crippen LogP contribution in [0.5, 0.6) is 0 Å². The summed E-state index contributed by atoms with van der Waals surface area (Å²) in [6, 6.07) is 0. The Hall–Kier alpha value is -0.720. The quantitative estimate of drug-likeness (QED) is 0.438. The molecule has 0 saturated carbocycles. The van der Waals surface area contributed by atoms with Crippen molar-refractivity contribution in [1.29, 1.82) is 0 Å². The van der Waals surface area contributed by atoms with Crippen LogP contribution in [0.4, 0.5) is 0 Å². The van der Waals surface area contributed by atoms with Gasteiger partial charge >= 0.3 is 0 Å². The van der Waals surface area contributed by atoms with E-state index in [4.69, 9.17) is 0 Å². The molecule has 0 amide bonds. The lowest BCUT2D eigenvalue weighted by molar-refractivity contribution is 0.737. The summed E-state index contributed by atoms with van der Waals surface area (Å²) in [5, 5.41) is 3.14. The third-order valence-corrected chi connectivity index (χ3v) is 1.01. The van der Waals surface area contributed by atoms with E-state index in [2.05, 4.69) is 18.5 Å². The molecule has 0 aliphatic rings. The predicted octanol–water partition coefficient (Wildman–Crippen LogP) is 2.08. The highest BCUT2D eigenvalue weighted by Gasteiger charge is 1.82. The zero-order valence-corrected chi connectivity index (χ0v) is 6.11. The second-order valence-corrected chi connectivity index (χ2v) is 2.14. The van der Waals surface area contributed by atoms with Crippen LogP contribution in [0.25, 0.3) is 0 Å². The van der Waals surface area contributed by atoms with Crippen molar-refractivity contribution in [2.75, 3.05) is 6.54 Å². The molecular formula is C8H15N. The molecule has 9 heavy (non-hydrogen) atoms. The van der Waals surface area contributed by atoms with Crippen molar-refractivity contribution in [3.63, 3.8) is 0 Å². The second kappa shape index (κ2) is 5.42. The fraction of sp³-hybridized carbons (Fsp3) is 0.500. The van der Waals surface area contributed by atoms with E-state index in [1.807, 2.05) is 13.0 Å². The van der Waals surface area contributed by atoms with E-state index < -0.39 is 0 Å². The van der Waals surface area contributed by atoms with Gasteiger partial charge in [0.1, 0.15) is 0 Å². The summed E-state index contributed by atoms with van der Waals surface area (Å²) < 4.78 is 0. The first kappa shape index (κ1) is 8.28. The second-order valence-electron chi connectivity index (χ2n) is 2.14. The van der Waals surface area contributed by atoms with Crippen molar-refractivity contribution in [3.8, 4) is 0 Å². The van der Waals surface area contributed by atoms with Gasteiger partial charge in [-0.3, -0.25) is 0 Å². The summed E-state index contributed by atoms with van der Waals surface area (Å²) in [6.07, 6.45) is 4.16. The molecule has 1 nitrogen and oxygen atoms in total. The first-order valence-corrected chi connectivity index (χ1v) is 3.27. The highest BCUT2D eigenvalue weighted by Crippen LogP contribution is 1.87. The SMILES string of the molecule is C=CCCCNC(=C)C. The molecule has 0 aliphatic heterocycles. The lowest BCUT2D eigenvalue weighted by Crippen LogP contribution is -2.10. The van der Waals surface area contributed by atoms with E-state index in [9.17, 15) is 0 Å². The van der Waals surface area contributed by atoms with Crippen molar-refractivity contribution in [2.45, 2.75) is 19.8 Å². The van der Waals surface area contributed by atoms with E-state index in [0.717, 1.165) is 25.1 Å². The fourth-order valence-electron chi connectivity index (χ4n) is 0.548. The van der Waals surface area contributed by atoms with Crippen LogP contribution in [0.15, 0.2) is 24.9 Å². The van der Waals surface area contributed by atoms with Gasteiger partial charge in [-0.25, -0.2) is 0 Å². The maximum Gasteiger partial charge on any atom is 0.0146 e. The minimum Gasteiger partial charge on any atom is -0.389 e. The van der Waals surface area contributed by atoms with Gasteiger partial charge in [0.2, 0.25) is 0 Å². The van der Waals surface area contributed by atoms with Gasteiger partial charge in [-0.1, -0.05) is 12.7 Å². The van der Waals surface area contributed by atoms with Crippen molar-refractivity contribution in [2.24, 2.45) is 0 Å². The Morgan fingerprint density at radius 1 is 1.67 bits per heavy atom. The Labute approximate surface area is 57.5 Å². The molecule has 0 unspecified atom stereocenters. The molecule has 0 aromatic rings. The lowest BCUT2D eigenvalue weighted by Gasteiger charge is -2.01. The van der Waals surface area contributed by atoms with Gasteiger partial charge in [0.05, 0.1) is 0 Å². The van der Waals surface area contributed by atoms with Crippen LogP contribution in [0.3, 0.4) is 0 Å². The molecule has 0 aliphatic carbocycles. The van der Waals surface area contributed by atoms with Crippen LogP contribution in [-0.2, 0) is 0 Å². The van der Waals surface area contributed by atoms with Gasteiger partial charge in [0.25, 0.3) is 0 Å². The Morgan fingerprint density at radius 2 is 2.33 bits per heavy atom. The van der Waals surface area contributed by atoms with Crippen molar-refractivity contribution in [1.82, 2.24) is 5.32 Å². The molecule has 0 fully saturated rings. The molecule has 0 radical (unpaired) electrons.